The first-order valence-electron chi connectivity index (χ1n) is 11.2. The Morgan fingerprint density at radius 3 is 2.25 bits per heavy atom. The number of benzene rings is 3. The van der Waals surface area contributed by atoms with Crippen molar-refractivity contribution in [3.63, 3.8) is 0 Å². The predicted octanol–water partition coefficient (Wildman–Crippen LogP) is 4.16. The van der Waals surface area contributed by atoms with Crippen LogP contribution in [-0.2, 0) is 11.3 Å². The zero-order valence-electron chi connectivity index (χ0n) is 18.0. The molecule has 0 spiro atoms. The zero-order chi connectivity index (χ0) is 22.0. The molecule has 1 atom stereocenters. The van der Waals surface area contributed by atoms with Crippen LogP contribution in [0.1, 0.15) is 29.0 Å². The number of amides is 1. The highest BCUT2D eigenvalue weighted by molar-refractivity contribution is 5.79. The number of carbonyl (C=O) groups excluding carboxylic acids is 1. The molecule has 164 valence electrons. The first-order valence-corrected chi connectivity index (χ1v) is 11.2. The maximum Gasteiger partial charge on any atom is 0.407 e. The van der Waals surface area contributed by atoms with Crippen LogP contribution in [0.2, 0.25) is 0 Å². The summed E-state index contributed by atoms with van der Waals surface area (Å²) in [5, 5.41) is 13.1. The molecule has 2 N–H and O–H groups in total. The lowest BCUT2D eigenvalue weighted by atomic mass is 9.98. The van der Waals surface area contributed by atoms with Crippen LogP contribution < -0.4 is 5.32 Å². The van der Waals surface area contributed by atoms with E-state index < -0.39 is 11.6 Å². The van der Waals surface area contributed by atoms with Crippen molar-refractivity contribution in [2.75, 3.05) is 26.3 Å². The minimum Gasteiger partial charge on any atom is -0.449 e. The highest BCUT2D eigenvalue weighted by Crippen LogP contribution is 2.44. The van der Waals surface area contributed by atoms with E-state index in [9.17, 15) is 9.90 Å². The smallest absolute Gasteiger partial charge is 0.407 e. The topological polar surface area (TPSA) is 61.8 Å². The Balaban J connectivity index is 1.22. The fraction of sp³-hybridized carbons (Fsp3) is 0.296. The molecule has 1 saturated heterocycles. The molecule has 3 aromatic rings. The van der Waals surface area contributed by atoms with Crippen LogP contribution in [0.25, 0.3) is 11.1 Å². The lowest BCUT2D eigenvalue weighted by Crippen LogP contribution is -2.53. The van der Waals surface area contributed by atoms with E-state index in [2.05, 4.69) is 46.6 Å². The summed E-state index contributed by atoms with van der Waals surface area (Å²) in [4.78, 5) is 15.0. The zero-order valence-corrected chi connectivity index (χ0v) is 18.0. The second kappa shape index (κ2) is 8.77. The van der Waals surface area contributed by atoms with Gasteiger partial charge in [0.25, 0.3) is 0 Å². The van der Waals surface area contributed by atoms with Crippen LogP contribution >= 0.6 is 0 Å². The normalized spacial score (nSPS) is 20.0. The molecule has 1 unspecified atom stereocenters. The van der Waals surface area contributed by atoms with Gasteiger partial charge in [0.15, 0.2) is 0 Å². The summed E-state index contributed by atoms with van der Waals surface area (Å²) in [5.74, 6) is 0.0244. The van der Waals surface area contributed by atoms with E-state index in [4.69, 9.17) is 4.74 Å². The van der Waals surface area contributed by atoms with Gasteiger partial charge in [0, 0.05) is 25.6 Å². The van der Waals surface area contributed by atoms with Crippen molar-refractivity contribution in [3.05, 3.63) is 95.6 Å². The lowest BCUT2D eigenvalue weighted by molar-refractivity contribution is 0.109. The van der Waals surface area contributed by atoms with Crippen LogP contribution in [0.5, 0.6) is 0 Å². The van der Waals surface area contributed by atoms with Crippen molar-refractivity contribution in [2.45, 2.75) is 24.4 Å². The van der Waals surface area contributed by atoms with E-state index in [-0.39, 0.29) is 19.1 Å². The molecule has 1 amide bonds. The van der Waals surface area contributed by atoms with Crippen molar-refractivity contribution in [1.29, 1.82) is 0 Å². The number of aliphatic hydroxyl groups excluding tert-OH is 1. The van der Waals surface area contributed by atoms with Crippen LogP contribution in [0, 0.1) is 0 Å². The Hall–Kier alpha value is -3.15. The highest BCUT2D eigenvalue weighted by atomic mass is 16.5. The molecule has 0 bridgehead atoms. The number of nitrogens with zero attached hydrogens (tertiary/aromatic N) is 1. The number of hydrogen-bond donors (Lipinski definition) is 2. The molecular weight excluding hydrogens is 400 g/mol. The van der Waals surface area contributed by atoms with Crippen molar-refractivity contribution < 1.29 is 14.6 Å². The molecule has 1 heterocycles. The van der Waals surface area contributed by atoms with E-state index in [0.29, 0.717) is 13.0 Å². The van der Waals surface area contributed by atoms with Gasteiger partial charge in [-0.2, -0.15) is 0 Å². The Labute approximate surface area is 188 Å². The molecule has 0 saturated carbocycles. The van der Waals surface area contributed by atoms with Gasteiger partial charge in [0.1, 0.15) is 6.61 Å². The van der Waals surface area contributed by atoms with Gasteiger partial charge < -0.3 is 15.2 Å². The number of nitrogens with one attached hydrogen (secondary N) is 1. The number of ether oxygens (including phenoxy) is 1. The lowest BCUT2D eigenvalue weighted by Gasteiger charge is -2.28. The second-order valence-corrected chi connectivity index (χ2v) is 8.84. The van der Waals surface area contributed by atoms with Gasteiger partial charge in [-0.05, 0) is 34.2 Å². The summed E-state index contributed by atoms with van der Waals surface area (Å²) in [6.45, 7) is 2.38. The summed E-state index contributed by atoms with van der Waals surface area (Å²) >= 11 is 0. The average molecular weight is 429 g/mol. The third-order valence-electron chi connectivity index (χ3n) is 6.70. The summed E-state index contributed by atoms with van der Waals surface area (Å²) in [6.07, 6.45) is 0.225. The second-order valence-electron chi connectivity index (χ2n) is 8.84. The molecule has 5 heteroatoms. The number of likely N-dealkylation sites (tertiary alicyclic amines) is 1. The molecule has 2 aliphatic rings. The summed E-state index contributed by atoms with van der Waals surface area (Å²) in [5.41, 5.74) is 5.34. The average Bonchev–Trinajstić information content (AvgIpc) is 3.37. The standard InChI is InChI=1S/C27H28N2O3/c30-19-27(14-15-29(18-27)16-20-8-2-1-3-9-20)28-26(31)32-17-25-23-12-6-4-10-21(23)22-11-5-7-13-24(22)25/h1-13,25,30H,14-19H2,(H,28,31). The Morgan fingerprint density at radius 2 is 1.59 bits per heavy atom. The third kappa shape index (κ3) is 4.01. The molecule has 3 aromatic carbocycles. The Kier molecular flexibility index (Phi) is 5.68. The molecule has 32 heavy (non-hydrogen) atoms. The van der Waals surface area contributed by atoms with E-state index >= 15 is 0 Å². The highest BCUT2D eigenvalue weighted by Gasteiger charge is 2.39. The van der Waals surface area contributed by atoms with Crippen molar-refractivity contribution in [2.24, 2.45) is 0 Å². The molecule has 5 nitrogen and oxygen atoms in total. The van der Waals surface area contributed by atoms with E-state index in [0.717, 1.165) is 13.1 Å². The molecular formula is C27H28N2O3. The maximum absolute atomic E-state index is 12.7. The molecule has 5 rings (SSSR count). The fourth-order valence-corrected chi connectivity index (χ4v) is 5.06. The molecule has 0 radical (unpaired) electrons. The Morgan fingerprint density at radius 1 is 0.969 bits per heavy atom. The van der Waals surface area contributed by atoms with Gasteiger partial charge in [-0.15, -0.1) is 0 Å². The summed E-state index contributed by atoms with van der Waals surface area (Å²) in [7, 11) is 0. The number of aliphatic hydroxyl groups is 1. The van der Waals surface area contributed by atoms with Gasteiger partial charge >= 0.3 is 6.09 Å². The molecule has 1 aliphatic heterocycles. The fourth-order valence-electron chi connectivity index (χ4n) is 5.06. The molecule has 0 aromatic heterocycles. The van der Waals surface area contributed by atoms with Crippen LogP contribution in [0.15, 0.2) is 78.9 Å². The van der Waals surface area contributed by atoms with E-state index in [1.165, 1.54) is 27.8 Å². The predicted molar refractivity (Wildman–Crippen MR) is 124 cm³/mol. The van der Waals surface area contributed by atoms with Gasteiger partial charge in [0.05, 0.1) is 12.1 Å². The number of rotatable bonds is 6. The van der Waals surface area contributed by atoms with E-state index in [1.807, 2.05) is 42.5 Å². The number of alkyl carbamates (subject to hydrolysis) is 1. The van der Waals surface area contributed by atoms with Crippen molar-refractivity contribution in [3.8, 4) is 11.1 Å². The third-order valence-corrected chi connectivity index (χ3v) is 6.70. The first kappa shape index (κ1) is 20.7. The van der Waals surface area contributed by atoms with Crippen molar-refractivity contribution >= 4 is 6.09 Å². The minimum absolute atomic E-state index is 0.0244. The van der Waals surface area contributed by atoms with Gasteiger partial charge in [-0.25, -0.2) is 4.79 Å². The van der Waals surface area contributed by atoms with Crippen molar-refractivity contribution in [1.82, 2.24) is 10.2 Å². The van der Waals surface area contributed by atoms with E-state index in [1.54, 1.807) is 0 Å². The minimum atomic E-state index is -0.669. The quantitative estimate of drug-likeness (QED) is 0.619. The Bertz CT molecular complexity index is 1060. The van der Waals surface area contributed by atoms with Crippen LogP contribution in [-0.4, -0.2) is 47.9 Å². The number of hydrogen-bond acceptors (Lipinski definition) is 4. The van der Waals surface area contributed by atoms with Crippen LogP contribution in [0.3, 0.4) is 0 Å². The molecule has 1 aliphatic carbocycles. The SMILES string of the molecule is O=C(NC1(CO)CCN(Cc2ccccc2)C1)OCC1c2ccccc2-c2ccccc21. The van der Waals surface area contributed by atoms with Gasteiger partial charge in [-0.1, -0.05) is 78.9 Å². The maximum atomic E-state index is 12.7. The number of fused-ring (bicyclic) bond motifs is 3. The summed E-state index contributed by atoms with van der Waals surface area (Å²) in [6, 6.07) is 26.8. The monoisotopic (exact) mass is 428 g/mol. The van der Waals surface area contributed by atoms with Gasteiger partial charge in [-0.3, -0.25) is 4.90 Å². The van der Waals surface area contributed by atoms with Crippen LogP contribution in [0.4, 0.5) is 4.79 Å². The first-order chi connectivity index (χ1) is 15.7. The summed E-state index contributed by atoms with van der Waals surface area (Å²) < 4.78 is 5.70. The van der Waals surface area contributed by atoms with Gasteiger partial charge in [0.2, 0.25) is 0 Å². The molecule has 1 fully saturated rings. The largest absolute Gasteiger partial charge is 0.449 e. The number of carbonyl (C=O) groups is 1.